The van der Waals surface area contributed by atoms with Crippen LogP contribution in [0.5, 0.6) is 0 Å². The second-order valence-electron chi connectivity index (χ2n) is 6.22. The van der Waals surface area contributed by atoms with Crippen molar-refractivity contribution in [2.24, 2.45) is 0 Å². The summed E-state index contributed by atoms with van der Waals surface area (Å²) in [5.41, 5.74) is 1.31. The molecule has 0 aromatic heterocycles. The van der Waals surface area contributed by atoms with Crippen LogP contribution < -0.4 is 9.44 Å². The second-order valence-corrected chi connectivity index (χ2v) is 10.6. The van der Waals surface area contributed by atoms with Gasteiger partial charge in [-0.2, -0.15) is 0 Å². The normalized spacial score (nSPS) is 11.9. The highest BCUT2D eigenvalue weighted by molar-refractivity contribution is 9.10. The van der Waals surface area contributed by atoms with Gasteiger partial charge < -0.3 is 0 Å². The highest BCUT2D eigenvalue weighted by Crippen LogP contribution is 2.20. The number of hydrogen-bond acceptors (Lipinski definition) is 4. The van der Waals surface area contributed by atoms with E-state index in [4.69, 9.17) is 0 Å². The van der Waals surface area contributed by atoms with E-state index in [2.05, 4.69) is 25.4 Å². The van der Waals surface area contributed by atoms with E-state index >= 15 is 0 Å². The molecule has 0 unspecified atom stereocenters. The Bertz CT molecular complexity index is 1160. The summed E-state index contributed by atoms with van der Waals surface area (Å²) in [6.45, 7) is 0.268. The van der Waals surface area contributed by atoms with Crippen LogP contribution in [0.25, 0.3) is 0 Å². The molecule has 0 aliphatic rings. The van der Waals surface area contributed by atoms with Crippen LogP contribution in [-0.2, 0) is 26.5 Å². The van der Waals surface area contributed by atoms with Crippen molar-refractivity contribution >= 4 is 41.7 Å². The molecule has 0 amide bonds. The number of hydrogen-bond donors (Lipinski definition) is 2. The lowest BCUT2D eigenvalue weighted by Gasteiger charge is -2.10. The van der Waals surface area contributed by atoms with Gasteiger partial charge in [0, 0.05) is 16.7 Å². The zero-order valence-electron chi connectivity index (χ0n) is 15.2. The van der Waals surface area contributed by atoms with E-state index in [-0.39, 0.29) is 22.0 Å². The van der Waals surface area contributed by atoms with Crippen molar-refractivity contribution < 1.29 is 16.8 Å². The first kappa shape index (κ1) is 21.5. The highest BCUT2D eigenvalue weighted by atomic mass is 79.9. The average Bonchev–Trinajstić information content (AvgIpc) is 2.69. The highest BCUT2D eigenvalue weighted by Gasteiger charge is 2.16. The molecular weight excluding hydrogens is 476 g/mol. The lowest BCUT2D eigenvalue weighted by molar-refractivity contribution is 0.581. The van der Waals surface area contributed by atoms with Gasteiger partial charge in [0.15, 0.2) is 0 Å². The Labute approximate surface area is 179 Å². The molecule has 6 nitrogen and oxygen atoms in total. The summed E-state index contributed by atoms with van der Waals surface area (Å²) in [5, 5.41) is 0. The lowest BCUT2D eigenvalue weighted by atomic mass is 10.2. The molecule has 0 heterocycles. The second kappa shape index (κ2) is 9.08. The SMILES string of the molecule is O=S(=O)(NCCc1ccccc1)c1ccc(NS(=O)(=O)c2ccc(Br)cc2)cc1. The van der Waals surface area contributed by atoms with Crippen LogP contribution in [0.15, 0.2) is 93.1 Å². The molecule has 0 spiro atoms. The van der Waals surface area contributed by atoms with Crippen molar-refractivity contribution in [3.8, 4) is 0 Å². The molecule has 0 saturated carbocycles. The number of benzene rings is 3. The molecule has 29 heavy (non-hydrogen) atoms. The predicted molar refractivity (Wildman–Crippen MR) is 117 cm³/mol. The van der Waals surface area contributed by atoms with E-state index in [0.717, 1.165) is 10.0 Å². The summed E-state index contributed by atoms with van der Waals surface area (Å²) in [4.78, 5) is 0.178. The minimum Gasteiger partial charge on any atom is -0.280 e. The third-order valence-electron chi connectivity index (χ3n) is 4.09. The zero-order valence-corrected chi connectivity index (χ0v) is 18.5. The largest absolute Gasteiger partial charge is 0.280 e. The Kier molecular flexibility index (Phi) is 6.74. The van der Waals surface area contributed by atoms with Gasteiger partial charge in [0.05, 0.1) is 9.79 Å². The molecule has 0 saturated heterocycles. The molecular formula is C20H19BrN2O4S2. The summed E-state index contributed by atoms with van der Waals surface area (Å²) in [6.07, 6.45) is 0.575. The van der Waals surface area contributed by atoms with Gasteiger partial charge in [0.2, 0.25) is 10.0 Å². The molecule has 0 bridgehead atoms. The number of nitrogens with one attached hydrogen (secondary N) is 2. The first-order chi connectivity index (χ1) is 13.8. The number of rotatable bonds is 8. The van der Waals surface area contributed by atoms with Crippen LogP contribution in [0.1, 0.15) is 5.56 Å². The van der Waals surface area contributed by atoms with Crippen molar-refractivity contribution in [1.82, 2.24) is 4.72 Å². The van der Waals surface area contributed by atoms with Gasteiger partial charge in [0.25, 0.3) is 10.0 Å². The van der Waals surface area contributed by atoms with Gasteiger partial charge in [-0.15, -0.1) is 0 Å². The number of anilines is 1. The van der Waals surface area contributed by atoms with Crippen LogP contribution in [-0.4, -0.2) is 23.4 Å². The minimum atomic E-state index is -3.76. The van der Waals surface area contributed by atoms with E-state index in [9.17, 15) is 16.8 Å². The first-order valence-electron chi connectivity index (χ1n) is 8.68. The number of sulfonamides is 2. The van der Waals surface area contributed by atoms with Gasteiger partial charge >= 0.3 is 0 Å². The summed E-state index contributed by atoms with van der Waals surface area (Å²) < 4.78 is 55.4. The van der Waals surface area contributed by atoms with E-state index in [1.807, 2.05) is 30.3 Å². The Morgan fingerprint density at radius 3 is 1.86 bits per heavy atom. The predicted octanol–water partition coefficient (Wildman–Crippen LogP) is 3.77. The molecule has 0 atom stereocenters. The van der Waals surface area contributed by atoms with Crippen LogP contribution in [0.2, 0.25) is 0 Å². The standard InChI is InChI=1S/C20H19BrN2O4S2/c21-17-6-10-20(11-7-17)29(26,27)23-18-8-12-19(13-9-18)28(24,25)22-15-14-16-4-2-1-3-5-16/h1-13,22-23H,14-15H2. The molecule has 9 heteroatoms. The van der Waals surface area contributed by atoms with Crippen molar-refractivity contribution in [2.45, 2.75) is 16.2 Å². The lowest BCUT2D eigenvalue weighted by Crippen LogP contribution is -2.26. The fourth-order valence-corrected chi connectivity index (χ4v) is 4.94. The van der Waals surface area contributed by atoms with Crippen molar-refractivity contribution in [3.63, 3.8) is 0 Å². The molecule has 3 aromatic carbocycles. The maximum atomic E-state index is 12.4. The Morgan fingerprint density at radius 2 is 1.24 bits per heavy atom. The van der Waals surface area contributed by atoms with Gasteiger partial charge in [0.1, 0.15) is 0 Å². The molecule has 0 aliphatic heterocycles. The molecule has 152 valence electrons. The van der Waals surface area contributed by atoms with Crippen LogP contribution in [0.3, 0.4) is 0 Å². The van der Waals surface area contributed by atoms with Crippen molar-refractivity contribution in [1.29, 1.82) is 0 Å². The number of halogens is 1. The van der Waals surface area contributed by atoms with Crippen LogP contribution >= 0.6 is 15.9 Å². The third kappa shape index (κ3) is 5.89. The van der Waals surface area contributed by atoms with Crippen molar-refractivity contribution in [3.05, 3.63) is 88.9 Å². The topological polar surface area (TPSA) is 92.3 Å². The molecule has 3 aromatic rings. The van der Waals surface area contributed by atoms with Gasteiger partial charge in [-0.1, -0.05) is 46.3 Å². The maximum Gasteiger partial charge on any atom is 0.261 e. The smallest absolute Gasteiger partial charge is 0.261 e. The van der Waals surface area contributed by atoms with Gasteiger partial charge in [-0.25, -0.2) is 21.6 Å². The van der Waals surface area contributed by atoms with Gasteiger partial charge in [-0.05, 0) is 60.5 Å². The summed E-state index contributed by atoms with van der Waals surface area (Å²) >= 11 is 3.26. The summed E-state index contributed by atoms with van der Waals surface area (Å²) in [7, 11) is -7.44. The van der Waals surface area contributed by atoms with Crippen LogP contribution in [0, 0.1) is 0 Å². The fourth-order valence-electron chi connectivity index (χ4n) is 2.59. The monoisotopic (exact) mass is 494 g/mol. The summed E-state index contributed by atoms with van der Waals surface area (Å²) in [5.74, 6) is 0. The van der Waals surface area contributed by atoms with E-state index in [1.54, 1.807) is 12.1 Å². The van der Waals surface area contributed by atoms with E-state index < -0.39 is 20.0 Å². The van der Waals surface area contributed by atoms with Crippen LogP contribution in [0.4, 0.5) is 5.69 Å². The molecule has 0 aliphatic carbocycles. The van der Waals surface area contributed by atoms with E-state index in [1.165, 1.54) is 36.4 Å². The molecule has 0 radical (unpaired) electrons. The summed E-state index contributed by atoms with van der Waals surface area (Å²) in [6, 6.07) is 21.3. The Hall–Kier alpha value is -2.20. The average molecular weight is 495 g/mol. The quantitative estimate of drug-likeness (QED) is 0.498. The molecule has 0 fully saturated rings. The Morgan fingerprint density at radius 1 is 0.690 bits per heavy atom. The minimum absolute atomic E-state index is 0.0668. The van der Waals surface area contributed by atoms with Gasteiger partial charge in [-0.3, -0.25) is 4.72 Å². The fraction of sp³-hybridized carbons (Fsp3) is 0.100. The zero-order chi connectivity index (χ0) is 20.9. The molecule has 2 N–H and O–H groups in total. The first-order valence-corrected chi connectivity index (χ1v) is 12.4. The van der Waals surface area contributed by atoms with Crippen molar-refractivity contribution in [2.75, 3.05) is 11.3 Å². The third-order valence-corrected chi connectivity index (χ3v) is 7.49. The van der Waals surface area contributed by atoms with E-state index in [0.29, 0.717) is 6.42 Å². The Balaban J connectivity index is 1.65. The molecule has 3 rings (SSSR count). The maximum absolute atomic E-state index is 12.4.